The number of hydrogen-bond donors (Lipinski definition) is 0. The van der Waals surface area contributed by atoms with Gasteiger partial charge in [-0.15, -0.1) is 0 Å². The van der Waals surface area contributed by atoms with Gasteiger partial charge in [-0.2, -0.15) is 0 Å². The Morgan fingerprint density at radius 1 is 0.640 bits per heavy atom. The van der Waals surface area contributed by atoms with E-state index < -0.39 is 0 Å². The first-order valence-electron chi connectivity index (χ1n) is 8.61. The van der Waals surface area contributed by atoms with Crippen LogP contribution in [0.1, 0.15) is 28.2 Å². The first kappa shape index (κ1) is 14.2. The summed E-state index contributed by atoms with van der Waals surface area (Å²) in [7, 11) is 0. The average Bonchev–Trinajstić information content (AvgIpc) is 3.08. The summed E-state index contributed by atoms with van der Waals surface area (Å²) in [5.41, 5.74) is 7.65. The monoisotopic (exact) mass is 319 g/mol. The van der Waals surface area contributed by atoms with Crippen LogP contribution in [0.4, 0.5) is 0 Å². The Morgan fingerprint density at radius 3 is 2.32 bits per heavy atom. The smallest absolute Gasteiger partial charge is 0.0743 e. The maximum Gasteiger partial charge on any atom is 0.0743 e. The number of para-hydroxylation sites is 1. The quantitative estimate of drug-likeness (QED) is 0.447. The minimum Gasteiger partial charge on any atom is -0.256 e. The summed E-state index contributed by atoms with van der Waals surface area (Å²) >= 11 is 0. The number of rotatable bonds is 2. The summed E-state index contributed by atoms with van der Waals surface area (Å²) in [5.74, 6) is 0.220. The zero-order valence-electron chi connectivity index (χ0n) is 13.8. The van der Waals surface area contributed by atoms with E-state index in [9.17, 15) is 0 Å². The van der Waals surface area contributed by atoms with Gasteiger partial charge >= 0.3 is 0 Å². The number of fused-ring (bicyclic) bond motifs is 2. The third-order valence-corrected chi connectivity index (χ3v) is 5.01. The molecule has 3 aromatic carbocycles. The Labute approximate surface area is 147 Å². The standard InChI is InChI=1S/C24H17N/c1-2-8-17(9-3-1)22-16-19-10-4-5-13-20(19)23(22)21-14-6-11-18-12-7-15-25-24(18)21/h1-16,23H. The molecule has 1 aliphatic rings. The third kappa shape index (κ3) is 2.28. The lowest BCUT2D eigenvalue weighted by Crippen LogP contribution is -2.02. The maximum absolute atomic E-state index is 4.70. The van der Waals surface area contributed by atoms with Crippen molar-refractivity contribution in [3.05, 3.63) is 113 Å². The molecule has 1 heterocycles. The van der Waals surface area contributed by atoms with Gasteiger partial charge in [-0.05, 0) is 40.0 Å². The fraction of sp³-hybridized carbons (Fsp3) is 0.0417. The Morgan fingerprint density at radius 2 is 1.40 bits per heavy atom. The molecule has 118 valence electrons. The van der Waals surface area contributed by atoms with E-state index in [1.165, 1.54) is 33.2 Å². The van der Waals surface area contributed by atoms with Crippen molar-refractivity contribution in [1.29, 1.82) is 0 Å². The highest BCUT2D eigenvalue weighted by Gasteiger charge is 2.28. The van der Waals surface area contributed by atoms with Crippen molar-refractivity contribution in [1.82, 2.24) is 4.98 Å². The first-order chi connectivity index (χ1) is 12.4. The van der Waals surface area contributed by atoms with E-state index in [2.05, 4.69) is 84.9 Å². The highest BCUT2D eigenvalue weighted by Crippen LogP contribution is 2.47. The Balaban J connectivity index is 1.78. The molecule has 0 N–H and O–H groups in total. The van der Waals surface area contributed by atoms with Gasteiger partial charge in [-0.1, -0.05) is 78.9 Å². The summed E-state index contributed by atoms with van der Waals surface area (Å²) < 4.78 is 0. The van der Waals surface area contributed by atoms with E-state index in [0.29, 0.717) is 0 Å². The van der Waals surface area contributed by atoms with Crippen molar-refractivity contribution in [2.45, 2.75) is 5.92 Å². The number of nitrogens with zero attached hydrogens (tertiary/aromatic N) is 1. The molecule has 4 aromatic rings. The van der Waals surface area contributed by atoms with Crippen molar-refractivity contribution in [2.75, 3.05) is 0 Å². The van der Waals surface area contributed by atoms with Crippen LogP contribution in [-0.2, 0) is 0 Å². The molecule has 1 atom stereocenters. The molecule has 0 saturated carbocycles. The summed E-state index contributed by atoms with van der Waals surface area (Å²) in [5, 5.41) is 1.19. The van der Waals surface area contributed by atoms with E-state index in [-0.39, 0.29) is 5.92 Å². The molecular formula is C24H17N. The van der Waals surface area contributed by atoms with Crippen molar-refractivity contribution in [3.63, 3.8) is 0 Å². The van der Waals surface area contributed by atoms with Gasteiger partial charge in [0.15, 0.2) is 0 Å². The van der Waals surface area contributed by atoms with E-state index in [1.54, 1.807) is 0 Å². The van der Waals surface area contributed by atoms with Gasteiger partial charge in [0.05, 0.1) is 5.52 Å². The minimum atomic E-state index is 0.220. The SMILES string of the molecule is C1=C(c2ccccc2)C(c2cccc3cccnc23)c2ccccc21. The second kappa shape index (κ2) is 5.71. The lowest BCUT2D eigenvalue weighted by molar-refractivity contribution is 1.07. The van der Waals surface area contributed by atoms with E-state index in [1.807, 2.05) is 12.3 Å². The molecule has 0 amide bonds. The molecule has 1 heteroatoms. The second-order valence-electron chi connectivity index (χ2n) is 6.45. The molecule has 5 rings (SSSR count). The largest absolute Gasteiger partial charge is 0.256 e. The third-order valence-electron chi connectivity index (χ3n) is 5.01. The molecule has 0 saturated heterocycles. The van der Waals surface area contributed by atoms with Crippen molar-refractivity contribution >= 4 is 22.6 Å². The van der Waals surface area contributed by atoms with Crippen LogP contribution in [0.15, 0.2) is 91.1 Å². The fourth-order valence-corrected chi connectivity index (χ4v) is 3.90. The lowest BCUT2D eigenvalue weighted by atomic mass is 9.84. The van der Waals surface area contributed by atoms with Crippen LogP contribution in [0, 0.1) is 0 Å². The highest BCUT2D eigenvalue weighted by atomic mass is 14.7. The minimum absolute atomic E-state index is 0.220. The topological polar surface area (TPSA) is 12.9 Å². The van der Waals surface area contributed by atoms with Crippen LogP contribution >= 0.6 is 0 Å². The number of pyridine rings is 1. The summed E-state index contributed by atoms with van der Waals surface area (Å²) in [4.78, 5) is 4.70. The summed E-state index contributed by atoms with van der Waals surface area (Å²) in [6.07, 6.45) is 4.22. The van der Waals surface area contributed by atoms with E-state index in [0.717, 1.165) is 5.52 Å². The fourth-order valence-electron chi connectivity index (χ4n) is 3.90. The van der Waals surface area contributed by atoms with Crippen LogP contribution in [-0.4, -0.2) is 4.98 Å². The molecule has 1 nitrogen and oxygen atoms in total. The maximum atomic E-state index is 4.70. The number of allylic oxidation sites excluding steroid dienone is 1. The predicted molar refractivity (Wildman–Crippen MR) is 104 cm³/mol. The van der Waals surface area contributed by atoms with Crippen LogP contribution in [0.2, 0.25) is 0 Å². The van der Waals surface area contributed by atoms with Crippen LogP contribution in [0.3, 0.4) is 0 Å². The molecule has 25 heavy (non-hydrogen) atoms. The van der Waals surface area contributed by atoms with Gasteiger partial charge in [0, 0.05) is 17.5 Å². The predicted octanol–water partition coefficient (Wildman–Crippen LogP) is 5.92. The lowest BCUT2D eigenvalue weighted by Gasteiger charge is -2.19. The van der Waals surface area contributed by atoms with Crippen LogP contribution in [0.5, 0.6) is 0 Å². The van der Waals surface area contributed by atoms with E-state index >= 15 is 0 Å². The van der Waals surface area contributed by atoms with Gasteiger partial charge in [0.1, 0.15) is 0 Å². The Hall–Kier alpha value is -3.19. The van der Waals surface area contributed by atoms with Gasteiger partial charge in [-0.25, -0.2) is 0 Å². The second-order valence-corrected chi connectivity index (χ2v) is 6.45. The Bertz CT molecular complexity index is 1090. The van der Waals surface area contributed by atoms with Gasteiger partial charge in [0.25, 0.3) is 0 Å². The molecule has 0 radical (unpaired) electrons. The van der Waals surface area contributed by atoms with Crippen LogP contribution in [0.25, 0.3) is 22.6 Å². The van der Waals surface area contributed by atoms with Crippen molar-refractivity contribution in [3.8, 4) is 0 Å². The van der Waals surface area contributed by atoms with Crippen molar-refractivity contribution < 1.29 is 0 Å². The molecule has 0 spiro atoms. The summed E-state index contributed by atoms with van der Waals surface area (Å²) in [6.45, 7) is 0. The Kier molecular flexibility index (Phi) is 3.24. The first-order valence-corrected chi connectivity index (χ1v) is 8.61. The highest BCUT2D eigenvalue weighted by molar-refractivity contribution is 5.96. The normalized spacial score (nSPS) is 15.8. The van der Waals surface area contributed by atoms with Gasteiger partial charge in [-0.3, -0.25) is 4.98 Å². The molecule has 1 aliphatic carbocycles. The summed E-state index contributed by atoms with van der Waals surface area (Å²) in [6, 6.07) is 30.0. The molecule has 0 fully saturated rings. The average molecular weight is 319 g/mol. The van der Waals surface area contributed by atoms with Gasteiger partial charge < -0.3 is 0 Å². The number of hydrogen-bond acceptors (Lipinski definition) is 1. The van der Waals surface area contributed by atoms with Crippen LogP contribution < -0.4 is 0 Å². The van der Waals surface area contributed by atoms with Crippen molar-refractivity contribution in [2.24, 2.45) is 0 Å². The van der Waals surface area contributed by atoms with E-state index in [4.69, 9.17) is 4.98 Å². The molecule has 1 unspecified atom stereocenters. The number of aromatic nitrogens is 1. The zero-order chi connectivity index (χ0) is 16.6. The zero-order valence-corrected chi connectivity index (χ0v) is 13.8. The number of benzene rings is 3. The molecular weight excluding hydrogens is 302 g/mol. The molecule has 0 aliphatic heterocycles. The van der Waals surface area contributed by atoms with Gasteiger partial charge in [0.2, 0.25) is 0 Å². The molecule has 1 aromatic heterocycles. The molecule has 0 bridgehead atoms.